The summed E-state index contributed by atoms with van der Waals surface area (Å²) >= 11 is 0. The van der Waals surface area contributed by atoms with Gasteiger partial charge in [0.25, 0.3) is 10.0 Å². The molecule has 0 saturated heterocycles. The van der Waals surface area contributed by atoms with Gasteiger partial charge in [0.15, 0.2) is 5.67 Å². The van der Waals surface area contributed by atoms with Crippen molar-refractivity contribution in [2.24, 2.45) is 0 Å². The van der Waals surface area contributed by atoms with Crippen molar-refractivity contribution < 1.29 is 17.5 Å². The van der Waals surface area contributed by atoms with Crippen LogP contribution in [-0.4, -0.2) is 50.0 Å². The summed E-state index contributed by atoms with van der Waals surface area (Å²) < 4.78 is 49.2. The average molecular weight is 463 g/mol. The summed E-state index contributed by atoms with van der Waals surface area (Å²) in [6.45, 7) is 4.91. The third-order valence-electron chi connectivity index (χ3n) is 6.56. The molecule has 0 atom stereocenters. The van der Waals surface area contributed by atoms with Crippen molar-refractivity contribution in [3.8, 4) is 5.88 Å². The number of hydrogen-bond donors (Lipinski definition) is 1. The molecule has 3 heterocycles. The molecule has 1 fully saturated rings. The fourth-order valence-electron chi connectivity index (χ4n) is 4.58. The van der Waals surface area contributed by atoms with Crippen LogP contribution in [0, 0.1) is 0 Å². The number of hydrogen-bond acceptors (Lipinski definition) is 6. The maximum absolute atomic E-state index is 15.2. The third kappa shape index (κ3) is 4.73. The first kappa shape index (κ1) is 22.9. The van der Waals surface area contributed by atoms with Gasteiger partial charge in [-0.1, -0.05) is 13.3 Å². The summed E-state index contributed by atoms with van der Waals surface area (Å²) in [7, 11) is -2.45. The standard InChI is InChI=1S/C23H31FN4O3S/c1-3-28-13-9-17-15-20(22(31-2)26-19(17)10-14-28)27-32(29,30)18-7-8-21(25-16-18)23(24)11-5-4-6-12-23/h7-8,15-16,27H,3-6,9-14H2,1-2H3. The first-order chi connectivity index (χ1) is 15.3. The van der Waals surface area contributed by atoms with Gasteiger partial charge in [0.2, 0.25) is 5.88 Å². The van der Waals surface area contributed by atoms with Crippen LogP contribution in [0.25, 0.3) is 0 Å². The second-order valence-corrected chi connectivity index (χ2v) is 10.3. The summed E-state index contributed by atoms with van der Waals surface area (Å²) in [6.07, 6.45) is 6.34. The number of ether oxygens (including phenoxy) is 1. The highest BCUT2D eigenvalue weighted by Crippen LogP contribution is 2.40. The number of halogens is 1. The van der Waals surface area contributed by atoms with E-state index in [-0.39, 0.29) is 10.8 Å². The van der Waals surface area contributed by atoms with E-state index in [1.807, 2.05) is 6.07 Å². The minimum Gasteiger partial charge on any atom is -0.479 e. The molecule has 0 amide bonds. The van der Waals surface area contributed by atoms with E-state index < -0.39 is 15.7 Å². The fourth-order valence-corrected chi connectivity index (χ4v) is 5.57. The van der Waals surface area contributed by atoms with Gasteiger partial charge >= 0.3 is 0 Å². The number of sulfonamides is 1. The van der Waals surface area contributed by atoms with Gasteiger partial charge in [-0.25, -0.2) is 17.8 Å². The van der Waals surface area contributed by atoms with E-state index in [2.05, 4.69) is 26.5 Å². The van der Waals surface area contributed by atoms with Crippen LogP contribution < -0.4 is 9.46 Å². The molecule has 32 heavy (non-hydrogen) atoms. The van der Waals surface area contributed by atoms with Gasteiger partial charge in [-0.15, -0.1) is 0 Å². The average Bonchev–Trinajstić information content (AvgIpc) is 3.00. The molecule has 1 aliphatic heterocycles. The van der Waals surface area contributed by atoms with Gasteiger partial charge in [0.05, 0.1) is 12.8 Å². The lowest BCUT2D eigenvalue weighted by Gasteiger charge is -2.28. The van der Waals surface area contributed by atoms with Gasteiger partial charge in [0, 0.05) is 31.4 Å². The molecule has 0 bridgehead atoms. The number of fused-ring (bicyclic) bond motifs is 1. The Balaban J connectivity index is 1.57. The van der Waals surface area contributed by atoms with Crippen LogP contribution in [0.2, 0.25) is 0 Å². The van der Waals surface area contributed by atoms with Gasteiger partial charge in [-0.2, -0.15) is 0 Å². The number of aromatic nitrogens is 2. The molecule has 1 N–H and O–H groups in total. The summed E-state index contributed by atoms with van der Waals surface area (Å²) in [5, 5.41) is 0. The van der Waals surface area contributed by atoms with Crippen molar-refractivity contribution in [2.45, 2.75) is 62.4 Å². The molecule has 0 aromatic carbocycles. The largest absolute Gasteiger partial charge is 0.479 e. The highest BCUT2D eigenvalue weighted by atomic mass is 32.2. The molecule has 0 unspecified atom stereocenters. The second-order valence-electron chi connectivity index (χ2n) is 8.60. The number of pyridine rings is 2. The molecule has 2 aliphatic rings. The van der Waals surface area contributed by atoms with E-state index in [0.717, 1.165) is 63.0 Å². The molecule has 0 radical (unpaired) electrons. The lowest BCUT2D eigenvalue weighted by atomic mass is 9.84. The highest BCUT2D eigenvalue weighted by Gasteiger charge is 2.35. The molecule has 2 aromatic rings. The van der Waals surface area contributed by atoms with Gasteiger partial charge in [-0.05, 0) is 62.4 Å². The number of alkyl halides is 1. The minimum absolute atomic E-state index is 0.0187. The fraction of sp³-hybridized carbons (Fsp3) is 0.565. The van der Waals surface area contributed by atoms with Crippen LogP contribution in [0.15, 0.2) is 29.3 Å². The number of nitrogens with one attached hydrogen (secondary N) is 1. The Labute approximate surface area is 189 Å². The molecule has 1 saturated carbocycles. The van der Waals surface area contributed by atoms with E-state index in [1.165, 1.54) is 25.4 Å². The monoisotopic (exact) mass is 462 g/mol. The van der Waals surface area contributed by atoms with Crippen molar-refractivity contribution in [1.29, 1.82) is 0 Å². The summed E-state index contributed by atoms with van der Waals surface area (Å²) in [4.78, 5) is 11.1. The molecule has 7 nitrogen and oxygen atoms in total. The van der Waals surface area contributed by atoms with Crippen molar-refractivity contribution in [3.63, 3.8) is 0 Å². The third-order valence-corrected chi connectivity index (χ3v) is 7.91. The van der Waals surface area contributed by atoms with E-state index >= 15 is 4.39 Å². The Morgan fingerprint density at radius 2 is 1.94 bits per heavy atom. The number of anilines is 1. The van der Waals surface area contributed by atoms with E-state index in [1.54, 1.807) is 0 Å². The zero-order valence-electron chi connectivity index (χ0n) is 18.7. The molecule has 174 valence electrons. The Kier molecular flexibility index (Phi) is 6.67. The maximum Gasteiger partial charge on any atom is 0.263 e. The van der Waals surface area contributed by atoms with Crippen LogP contribution in [-0.2, 0) is 28.5 Å². The zero-order valence-corrected chi connectivity index (χ0v) is 19.5. The smallest absolute Gasteiger partial charge is 0.263 e. The topological polar surface area (TPSA) is 84.4 Å². The number of rotatable bonds is 6. The number of likely N-dealkylation sites (N-methyl/N-ethyl adjacent to an activating group) is 1. The normalized spacial score (nSPS) is 19.1. The predicted octanol–water partition coefficient (Wildman–Crippen LogP) is 3.84. The van der Waals surface area contributed by atoms with Gasteiger partial charge < -0.3 is 9.64 Å². The second kappa shape index (κ2) is 9.31. The van der Waals surface area contributed by atoms with E-state index in [9.17, 15) is 8.42 Å². The summed E-state index contributed by atoms with van der Waals surface area (Å²) in [5.74, 6) is 0.242. The van der Waals surface area contributed by atoms with Crippen LogP contribution in [0.1, 0.15) is 56.0 Å². The van der Waals surface area contributed by atoms with Crippen molar-refractivity contribution in [3.05, 3.63) is 41.3 Å². The van der Waals surface area contributed by atoms with Crippen LogP contribution >= 0.6 is 0 Å². The van der Waals surface area contributed by atoms with Crippen LogP contribution in [0.3, 0.4) is 0 Å². The Bertz CT molecular complexity index is 1050. The SMILES string of the molecule is CCN1CCc2cc(NS(=O)(=O)c3ccc(C4(F)CCCCC4)nc3)c(OC)nc2CC1. The molecule has 0 spiro atoms. The Morgan fingerprint density at radius 3 is 2.59 bits per heavy atom. The summed E-state index contributed by atoms with van der Waals surface area (Å²) in [5.41, 5.74) is 1.09. The molecule has 1 aliphatic carbocycles. The molecular formula is C23H31FN4O3S. The van der Waals surface area contributed by atoms with Crippen molar-refractivity contribution >= 4 is 15.7 Å². The maximum atomic E-state index is 15.2. The first-order valence-corrected chi connectivity index (χ1v) is 12.8. The quantitative estimate of drug-likeness (QED) is 0.702. The lowest BCUT2D eigenvalue weighted by molar-refractivity contribution is 0.101. The Morgan fingerprint density at radius 1 is 1.19 bits per heavy atom. The molecule has 4 rings (SSSR count). The highest BCUT2D eigenvalue weighted by molar-refractivity contribution is 7.92. The number of nitrogens with zero attached hydrogens (tertiary/aromatic N) is 3. The minimum atomic E-state index is -3.93. The van der Waals surface area contributed by atoms with Gasteiger partial charge in [0.1, 0.15) is 10.6 Å². The van der Waals surface area contributed by atoms with Crippen LogP contribution in [0.4, 0.5) is 10.1 Å². The van der Waals surface area contributed by atoms with Crippen molar-refractivity contribution in [2.75, 3.05) is 31.5 Å². The zero-order chi connectivity index (χ0) is 22.8. The van der Waals surface area contributed by atoms with Crippen molar-refractivity contribution in [1.82, 2.24) is 14.9 Å². The van der Waals surface area contributed by atoms with Crippen LogP contribution in [0.5, 0.6) is 5.88 Å². The van der Waals surface area contributed by atoms with E-state index in [0.29, 0.717) is 24.2 Å². The first-order valence-electron chi connectivity index (χ1n) is 11.3. The molecular weight excluding hydrogens is 431 g/mol. The predicted molar refractivity (Wildman–Crippen MR) is 121 cm³/mol. The molecule has 2 aromatic heterocycles. The van der Waals surface area contributed by atoms with Gasteiger partial charge in [-0.3, -0.25) is 9.71 Å². The van der Waals surface area contributed by atoms with E-state index in [4.69, 9.17) is 4.74 Å². The lowest BCUT2D eigenvalue weighted by Crippen LogP contribution is -2.25. The number of methoxy groups -OCH3 is 1. The molecule has 9 heteroatoms. The summed E-state index contributed by atoms with van der Waals surface area (Å²) in [6, 6.07) is 4.73. The Hall–Kier alpha value is -2.26.